The van der Waals surface area contributed by atoms with Crippen LogP contribution >= 0.6 is 0 Å². The summed E-state index contributed by atoms with van der Waals surface area (Å²) in [4.78, 5) is 44.8. The van der Waals surface area contributed by atoms with Crippen LogP contribution in [0.2, 0.25) is 0 Å². The summed E-state index contributed by atoms with van der Waals surface area (Å²) >= 11 is 0. The molecular weight excluding hydrogens is 404 g/mol. The molecular formula is C25H26N4O3. The zero-order valence-corrected chi connectivity index (χ0v) is 18.5. The van der Waals surface area contributed by atoms with Gasteiger partial charge in [-0.3, -0.25) is 19.3 Å². The highest BCUT2D eigenvalue weighted by Crippen LogP contribution is 2.34. The first-order chi connectivity index (χ1) is 15.2. The lowest BCUT2D eigenvalue weighted by atomic mass is 9.94. The first kappa shape index (κ1) is 20.4. The van der Waals surface area contributed by atoms with E-state index in [0.29, 0.717) is 24.3 Å². The van der Waals surface area contributed by atoms with Gasteiger partial charge in [-0.05, 0) is 36.4 Å². The number of anilines is 1. The third-order valence-corrected chi connectivity index (χ3v) is 6.21. The van der Waals surface area contributed by atoms with E-state index in [9.17, 15) is 14.4 Å². The Morgan fingerprint density at radius 3 is 2.19 bits per heavy atom. The average Bonchev–Trinajstić information content (AvgIpc) is 3.27. The average molecular weight is 431 g/mol. The van der Waals surface area contributed by atoms with Gasteiger partial charge < -0.3 is 9.47 Å². The van der Waals surface area contributed by atoms with Crippen molar-refractivity contribution in [3.05, 3.63) is 59.9 Å². The molecule has 7 nitrogen and oxygen atoms in total. The van der Waals surface area contributed by atoms with Crippen molar-refractivity contribution in [1.82, 2.24) is 14.5 Å². The second kappa shape index (κ2) is 7.29. The van der Waals surface area contributed by atoms with Crippen LogP contribution in [0.25, 0.3) is 11.0 Å². The molecule has 0 spiro atoms. The fourth-order valence-corrected chi connectivity index (χ4v) is 4.53. The SMILES string of the molecule is CC(C)(C)c1nc2ccccc2n1C1CN(C(=O)c2ccc(N3C(=O)CCC3=O)cc2)C1. The predicted molar refractivity (Wildman–Crippen MR) is 122 cm³/mol. The summed E-state index contributed by atoms with van der Waals surface area (Å²) in [6.45, 7) is 7.71. The summed E-state index contributed by atoms with van der Waals surface area (Å²) in [6.07, 6.45) is 0.488. The van der Waals surface area contributed by atoms with Gasteiger partial charge in [0.2, 0.25) is 11.8 Å². The number of para-hydroxylation sites is 2. The van der Waals surface area contributed by atoms with Crippen molar-refractivity contribution in [2.24, 2.45) is 0 Å². The minimum absolute atomic E-state index is 0.0476. The van der Waals surface area contributed by atoms with E-state index in [1.165, 1.54) is 4.90 Å². The Labute approximate surface area is 186 Å². The van der Waals surface area contributed by atoms with E-state index in [0.717, 1.165) is 16.9 Å². The zero-order valence-electron chi connectivity index (χ0n) is 18.5. The van der Waals surface area contributed by atoms with E-state index in [1.54, 1.807) is 24.3 Å². The van der Waals surface area contributed by atoms with Gasteiger partial charge in [0.15, 0.2) is 0 Å². The topological polar surface area (TPSA) is 75.5 Å². The molecule has 2 aliphatic rings. The zero-order chi connectivity index (χ0) is 22.6. The van der Waals surface area contributed by atoms with Crippen molar-refractivity contribution in [3.63, 3.8) is 0 Å². The maximum absolute atomic E-state index is 13.0. The first-order valence-electron chi connectivity index (χ1n) is 11.0. The molecule has 2 aliphatic heterocycles. The molecule has 0 saturated carbocycles. The molecule has 32 heavy (non-hydrogen) atoms. The second-order valence-corrected chi connectivity index (χ2v) is 9.58. The summed E-state index contributed by atoms with van der Waals surface area (Å²) in [6, 6.07) is 15.0. The maximum atomic E-state index is 13.0. The molecule has 0 radical (unpaired) electrons. The van der Waals surface area contributed by atoms with Crippen molar-refractivity contribution in [3.8, 4) is 0 Å². The number of hydrogen-bond donors (Lipinski definition) is 0. The Bertz CT molecular complexity index is 1210. The Morgan fingerprint density at radius 2 is 1.56 bits per heavy atom. The third-order valence-electron chi connectivity index (χ3n) is 6.21. The molecule has 164 valence electrons. The van der Waals surface area contributed by atoms with Crippen LogP contribution in [-0.2, 0) is 15.0 Å². The van der Waals surface area contributed by atoms with E-state index >= 15 is 0 Å². The Morgan fingerprint density at radius 1 is 0.938 bits per heavy atom. The molecule has 0 bridgehead atoms. The number of rotatable bonds is 3. The quantitative estimate of drug-likeness (QED) is 0.594. The van der Waals surface area contributed by atoms with Crippen LogP contribution < -0.4 is 4.90 Å². The molecule has 1 aromatic heterocycles. The number of benzene rings is 2. The van der Waals surface area contributed by atoms with Crippen LogP contribution in [0.5, 0.6) is 0 Å². The lowest BCUT2D eigenvalue weighted by molar-refractivity contribution is -0.121. The molecule has 3 heterocycles. The van der Waals surface area contributed by atoms with E-state index in [4.69, 9.17) is 4.98 Å². The van der Waals surface area contributed by atoms with Crippen LogP contribution in [0, 0.1) is 0 Å². The van der Waals surface area contributed by atoms with Gasteiger partial charge in [0.05, 0.1) is 22.8 Å². The number of nitrogens with zero attached hydrogens (tertiary/aromatic N) is 4. The van der Waals surface area contributed by atoms with Gasteiger partial charge in [-0.2, -0.15) is 0 Å². The molecule has 0 N–H and O–H groups in total. The number of imidazole rings is 1. The monoisotopic (exact) mass is 430 g/mol. The molecule has 3 aromatic rings. The van der Waals surface area contributed by atoms with Gasteiger partial charge in [0, 0.05) is 36.9 Å². The summed E-state index contributed by atoms with van der Waals surface area (Å²) in [7, 11) is 0. The summed E-state index contributed by atoms with van der Waals surface area (Å²) < 4.78 is 2.28. The molecule has 2 aromatic carbocycles. The Hall–Kier alpha value is -3.48. The van der Waals surface area contributed by atoms with Gasteiger partial charge in [-0.15, -0.1) is 0 Å². The number of carbonyl (C=O) groups is 3. The molecule has 3 amide bonds. The number of fused-ring (bicyclic) bond motifs is 1. The Kier molecular flexibility index (Phi) is 4.65. The van der Waals surface area contributed by atoms with E-state index in [2.05, 4.69) is 31.4 Å². The molecule has 2 saturated heterocycles. The first-order valence-corrected chi connectivity index (χ1v) is 11.0. The minimum Gasteiger partial charge on any atom is -0.334 e. The van der Waals surface area contributed by atoms with Crippen molar-refractivity contribution in [2.75, 3.05) is 18.0 Å². The van der Waals surface area contributed by atoms with Gasteiger partial charge in [-0.25, -0.2) is 4.98 Å². The number of aromatic nitrogens is 2. The Balaban J connectivity index is 1.34. The highest BCUT2D eigenvalue weighted by molar-refractivity contribution is 6.19. The van der Waals surface area contributed by atoms with Crippen molar-refractivity contribution in [2.45, 2.75) is 45.1 Å². The van der Waals surface area contributed by atoms with Crippen molar-refractivity contribution in [1.29, 1.82) is 0 Å². The number of hydrogen-bond acceptors (Lipinski definition) is 4. The van der Waals surface area contributed by atoms with Crippen LogP contribution in [-0.4, -0.2) is 45.3 Å². The highest BCUT2D eigenvalue weighted by atomic mass is 16.2. The fraction of sp³-hybridized carbons (Fsp3) is 0.360. The lowest BCUT2D eigenvalue weighted by Crippen LogP contribution is -2.51. The van der Waals surface area contributed by atoms with E-state index in [1.807, 2.05) is 23.1 Å². The molecule has 7 heteroatoms. The largest absolute Gasteiger partial charge is 0.334 e. The van der Waals surface area contributed by atoms with Gasteiger partial charge in [-0.1, -0.05) is 32.9 Å². The van der Waals surface area contributed by atoms with Crippen LogP contribution in [0.15, 0.2) is 48.5 Å². The standard InChI is InChI=1S/C25H26N4O3/c1-25(2,3)24-26-19-6-4-5-7-20(19)28(24)18-14-27(15-18)23(32)16-8-10-17(11-9-16)29-21(30)12-13-22(29)31/h4-11,18H,12-15H2,1-3H3. The smallest absolute Gasteiger partial charge is 0.253 e. The molecule has 5 rings (SSSR count). The molecule has 0 aliphatic carbocycles. The second-order valence-electron chi connectivity index (χ2n) is 9.58. The summed E-state index contributed by atoms with van der Waals surface area (Å²) in [5.74, 6) is 0.595. The number of likely N-dealkylation sites (tertiary alicyclic amines) is 1. The summed E-state index contributed by atoms with van der Waals surface area (Å²) in [5.41, 5.74) is 3.04. The highest BCUT2D eigenvalue weighted by Gasteiger charge is 2.37. The van der Waals surface area contributed by atoms with Crippen LogP contribution in [0.4, 0.5) is 5.69 Å². The van der Waals surface area contributed by atoms with Gasteiger partial charge in [0.1, 0.15) is 5.82 Å². The summed E-state index contributed by atoms with van der Waals surface area (Å²) in [5, 5.41) is 0. The lowest BCUT2D eigenvalue weighted by Gasteiger charge is -2.42. The fourth-order valence-electron chi connectivity index (χ4n) is 4.53. The normalized spacial score (nSPS) is 17.3. The maximum Gasteiger partial charge on any atom is 0.253 e. The van der Waals surface area contributed by atoms with E-state index in [-0.39, 0.29) is 42.0 Å². The number of imide groups is 1. The number of carbonyl (C=O) groups excluding carboxylic acids is 3. The molecule has 2 fully saturated rings. The van der Waals surface area contributed by atoms with Crippen molar-refractivity contribution < 1.29 is 14.4 Å². The van der Waals surface area contributed by atoms with Crippen LogP contribution in [0.3, 0.4) is 0 Å². The van der Waals surface area contributed by atoms with E-state index < -0.39 is 0 Å². The predicted octanol–water partition coefficient (Wildman–Crippen LogP) is 3.68. The molecule has 0 unspecified atom stereocenters. The minimum atomic E-state index is -0.193. The number of amides is 3. The van der Waals surface area contributed by atoms with Crippen molar-refractivity contribution >= 4 is 34.4 Å². The van der Waals surface area contributed by atoms with Crippen LogP contribution in [0.1, 0.15) is 55.8 Å². The van der Waals surface area contributed by atoms with Gasteiger partial charge >= 0.3 is 0 Å². The van der Waals surface area contributed by atoms with Gasteiger partial charge in [0.25, 0.3) is 5.91 Å². The molecule has 0 atom stereocenters. The third kappa shape index (κ3) is 3.28.